The maximum atomic E-state index is 11.9. The molecular formula is C19H22BrNO2. The summed E-state index contributed by atoms with van der Waals surface area (Å²) in [7, 11) is 0. The monoisotopic (exact) mass is 375 g/mol. The van der Waals surface area contributed by atoms with Gasteiger partial charge in [0.15, 0.2) is 6.61 Å². The van der Waals surface area contributed by atoms with Crippen molar-refractivity contribution in [1.29, 1.82) is 0 Å². The highest BCUT2D eigenvalue weighted by molar-refractivity contribution is 9.10. The van der Waals surface area contributed by atoms with Gasteiger partial charge in [0.05, 0.1) is 0 Å². The first kappa shape index (κ1) is 17.5. The summed E-state index contributed by atoms with van der Waals surface area (Å²) in [6.07, 6.45) is 1.07. The number of hydrogen-bond acceptors (Lipinski definition) is 2. The van der Waals surface area contributed by atoms with Gasteiger partial charge >= 0.3 is 0 Å². The molecule has 0 radical (unpaired) electrons. The predicted octanol–water partition coefficient (Wildman–Crippen LogP) is 5.15. The third-order valence-corrected chi connectivity index (χ3v) is 4.49. The molecule has 0 atom stereocenters. The van der Waals surface area contributed by atoms with E-state index in [1.54, 1.807) is 0 Å². The summed E-state index contributed by atoms with van der Waals surface area (Å²) >= 11 is 3.37. The molecule has 0 heterocycles. The Morgan fingerprint density at radius 3 is 2.48 bits per heavy atom. The minimum atomic E-state index is -0.180. The van der Waals surface area contributed by atoms with Gasteiger partial charge in [-0.05, 0) is 47.7 Å². The molecule has 0 aromatic heterocycles. The molecule has 1 N–H and O–H groups in total. The number of hydrogen-bond donors (Lipinski definition) is 1. The molecule has 122 valence electrons. The second-order valence-electron chi connectivity index (χ2n) is 6.11. The third-order valence-electron chi connectivity index (χ3n) is 4.00. The van der Waals surface area contributed by atoms with Crippen LogP contribution in [0.3, 0.4) is 0 Å². The van der Waals surface area contributed by atoms with Crippen molar-refractivity contribution in [2.24, 2.45) is 0 Å². The molecule has 0 aliphatic heterocycles. The van der Waals surface area contributed by atoms with E-state index in [2.05, 4.69) is 54.2 Å². The van der Waals surface area contributed by atoms with Gasteiger partial charge in [-0.2, -0.15) is 0 Å². The molecule has 2 aromatic rings. The summed E-state index contributed by atoms with van der Waals surface area (Å²) in [4.78, 5) is 11.9. The summed E-state index contributed by atoms with van der Waals surface area (Å²) < 4.78 is 6.47. The molecule has 0 unspecified atom stereocenters. The fraction of sp³-hybridized carbons (Fsp3) is 0.316. The minimum Gasteiger partial charge on any atom is -0.484 e. The Balaban J connectivity index is 1.89. The van der Waals surface area contributed by atoms with Crippen molar-refractivity contribution < 1.29 is 9.53 Å². The van der Waals surface area contributed by atoms with E-state index in [4.69, 9.17) is 4.74 Å². The van der Waals surface area contributed by atoms with Crippen LogP contribution in [0.4, 0.5) is 5.69 Å². The van der Waals surface area contributed by atoms with Gasteiger partial charge in [0.2, 0.25) is 0 Å². The number of amides is 1. The Bertz CT molecular complexity index is 665. The number of benzene rings is 2. The van der Waals surface area contributed by atoms with Gasteiger partial charge in [-0.25, -0.2) is 0 Å². The molecule has 2 rings (SSSR count). The lowest BCUT2D eigenvalue weighted by Gasteiger charge is -2.23. The summed E-state index contributed by atoms with van der Waals surface area (Å²) in [5.74, 6) is 0.520. The predicted molar refractivity (Wildman–Crippen MR) is 98.0 cm³/mol. The molecule has 0 saturated heterocycles. The Morgan fingerprint density at radius 1 is 1.17 bits per heavy atom. The molecule has 1 amide bonds. The lowest BCUT2D eigenvalue weighted by atomic mass is 9.82. The fourth-order valence-corrected chi connectivity index (χ4v) is 2.52. The number of anilines is 1. The van der Waals surface area contributed by atoms with Crippen molar-refractivity contribution in [2.75, 3.05) is 11.9 Å². The maximum Gasteiger partial charge on any atom is 0.262 e. The number of nitrogens with one attached hydrogen (secondary N) is 1. The van der Waals surface area contributed by atoms with Crippen LogP contribution in [-0.2, 0) is 10.2 Å². The van der Waals surface area contributed by atoms with E-state index in [1.165, 1.54) is 5.56 Å². The first-order chi connectivity index (χ1) is 10.9. The van der Waals surface area contributed by atoms with Crippen LogP contribution in [0.1, 0.15) is 32.8 Å². The molecule has 0 aliphatic carbocycles. The average molecular weight is 376 g/mol. The standard InChI is InChI=1S/C19H22BrNO2/c1-4-19(2,3)14-8-10-17(11-9-14)23-13-18(22)21-16-7-5-6-15(20)12-16/h5-12H,4,13H2,1-3H3,(H,21,22). The Morgan fingerprint density at radius 2 is 1.87 bits per heavy atom. The highest BCUT2D eigenvalue weighted by Gasteiger charge is 2.17. The molecule has 0 saturated carbocycles. The van der Waals surface area contributed by atoms with E-state index in [-0.39, 0.29) is 17.9 Å². The Labute approximate surface area is 146 Å². The highest BCUT2D eigenvalue weighted by atomic mass is 79.9. The van der Waals surface area contributed by atoms with Gasteiger partial charge in [0, 0.05) is 10.2 Å². The van der Waals surface area contributed by atoms with E-state index in [1.807, 2.05) is 36.4 Å². The van der Waals surface area contributed by atoms with Crippen molar-refractivity contribution in [2.45, 2.75) is 32.6 Å². The first-order valence-electron chi connectivity index (χ1n) is 7.69. The second kappa shape index (κ2) is 7.64. The Kier molecular flexibility index (Phi) is 5.83. The number of rotatable bonds is 6. The lowest BCUT2D eigenvalue weighted by molar-refractivity contribution is -0.118. The molecule has 0 spiro atoms. The van der Waals surface area contributed by atoms with Crippen LogP contribution < -0.4 is 10.1 Å². The van der Waals surface area contributed by atoms with Crippen molar-refractivity contribution in [3.63, 3.8) is 0 Å². The molecule has 0 bridgehead atoms. The van der Waals surface area contributed by atoms with Crippen molar-refractivity contribution in [3.8, 4) is 5.75 Å². The smallest absolute Gasteiger partial charge is 0.262 e. The lowest BCUT2D eigenvalue weighted by Crippen LogP contribution is -2.20. The SMILES string of the molecule is CCC(C)(C)c1ccc(OCC(=O)Nc2cccc(Br)c2)cc1. The van der Waals surface area contributed by atoms with Gasteiger partial charge in [-0.15, -0.1) is 0 Å². The molecule has 0 aliphatic rings. The van der Waals surface area contributed by atoms with Gasteiger partial charge in [0.25, 0.3) is 5.91 Å². The zero-order chi connectivity index (χ0) is 16.9. The summed E-state index contributed by atoms with van der Waals surface area (Å²) in [5, 5.41) is 2.80. The zero-order valence-electron chi connectivity index (χ0n) is 13.7. The van der Waals surface area contributed by atoms with Crippen LogP contribution in [0.5, 0.6) is 5.75 Å². The van der Waals surface area contributed by atoms with Crippen LogP contribution >= 0.6 is 15.9 Å². The topological polar surface area (TPSA) is 38.3 Å². The molecule has 23 heavy (non-hydrogen) atoms. The second-order valence-corrected chi connectivity index (χ2v) is 7.02. The summed E-state index contributed by atoms with van der Waals surface area (Å²) in [5.41, 5.74) is 2.16. The fourth-order valence-electron chi connectivity index (χ4n) is 2.12. The third kappa shape index (κ3) is 5.10. The molecule has 3 nitrogen and oxygen atoms in total. The van der Waals surface area contributed by atoms with E-state index < -0.39 is 0 Å². The van der Waals surface area contributed by atoms with E-state index >= 15 is 0 Å². The number of carbonyl (C=O) groups excluding carboxylic acids is 1. The molecule has 2 aromatic carbocycles. The minimum absolute atomic E-state index is 0.0109. The largest absolute Gasteiger partial charge is 0.484 e. The number of halogens is 1. The van der Waals surface area contributed by atoms with Crippen molar-refractivity contribution >= 4 is 27.5 Å². The highest BCUT2D eigenvalue weighted by Crippen LogP contribution is 2.28. The van der Waals surface area contributed by atoms with Crippen molar-refractivity contribution in [3.05, 3.63) is 58.6 Å². The summed E-state index contributed by atoms with van der Waals surface area (Å²) in [6.45, 7) is 6.60. The number of carbonyl (C=O) groups is 1. The number of ether oxygens (including phenoxy) is 1. The van der Waals surface area contributed by atoms with E-state index in [0.29, 0.717) is 5.75 Å². The van der Waals surface area contributed by atoms with Crippen molar-refractivity contribution in [1.82, 2.24) is 0 Å². The first-order valence-corrected chi connectivity index (χ1v) is 8.49. The van der Waals surface area contributed by atoms with Gasteiger partial charge in [-0.1, -0.05) is 54.9 Å². The Hall–Kier alpha value is -1.81. The zero-order valence-corrected chi connectivity index (χ0v) is 15.3. The normalized spacial score (nSPS) is 11.1. The molecular weight excluding hydrogens is 354 g/mol. The molecule has 4 heteroatoms. The van der Waals surface area contributed by atoms with Gasteiger partial charge < -0.3 is 10.1 Å². The van der Waals surface area contributed by atoms with Gasteiger partial charge in [-0.3, -0.25) is 4.79 Å². The van der Waals surface area contributed by atoms with Crippen LogP contribution in [0.25, 0.3) is 0 Å². The van der Waals surface area contributed by atoms with Crippen LogP contribution in [0.15, 0.2) is 53.0 Å². The van der Waals surface area contributed by atoms with E-state index in [9.17, 15) is 4.79 Å². The van der Waals surface area contributed by atoms with Crippen LogP contribution in [-0.4, -0.2) is 12.5 Å². The van der Waals surface area contributed by atoms with Crippen LogP contribution in [0.2, 0.25) is 0 Å². The quantitative estimate of drug-likeness (QED) is 0.757. The van der Waals surface area contributed by atoms with Crippen LogP contribution in [0, 0.1) is 0 Å². The van der Waals surface area contributed by atoms with E-state index in [0.717, 1.165) is 16.6 Å². The van der Waals surface area contributed by atoms with Gasteiger partial charge in [0.1, 0.15) is 5.75 Å². The molecule has 0 fully saturated rings. The maximum absolute atomic E-state index is 11.9. The average Bonchev–Trinajstić information content (AvgIpc) is 2.53. The summed E-state index contributed by atoms with van der Waals surface area (Å²) in [6, 6.07) is 15.4.